The Morgan fingerprint density at radius 3 is 2.31 bits per heavy atom. The minimum Gasteiger partial charge on any atom is -0.493 e. The summed E-state index contributed by atoms with van der Waals surface area (Å²) in [7, 11) is 3.14. The summed E-state index contributed by atoms with van der Waals surface area (Å²) >= 11 is 0. The highest BCUT2D eigenvalue weighted by molar-refractivity contribution is 6.13. The molecule has 0 radical (unpaired) electrons. The number of aromatic amines is 1. The number of aromatic nitrogens is 1. The van der Waals surface area contributed by atoms with E-state index in [4.69, 9.17) is 14.2 Å². The summed E-state index contributed by atoms with van der Waals surface area (Å²) in [6.45, 7) is 3.94. The predicted octanol–water partition coefficient (Wildman–Crippen LogP) is 4.22. The molecule has 0 bridgehead atoms. The number of ether oxygens (including phenoxy) is 3. The molecular weight excluding hydrogens is 332 g/mol. The Morgan fingerprint density at radius 1 is 1.04 bits per heavy atom. The van der Waals surface area contributed by atoms with Crippen molar-refractivity contribution in [1.82, 2.24) is 4.98 Å². The summed E-state index contributed by atoms with van der Waals surface area (Å²) in [5.41, 5.74) is 2.03. The van der Waals surface area contributed by atoms with Crippen LogP contribution >= 0.6 is 0 Å². The van der Waals surface area contributed by atoms with Gasteiger partial charge in [-0.3, -0.25) is 4.79 Å². The second-order valence-electron chi connectivity index (χ2n) is 6.10. The molecule has 0 aliphatic carbocycles. The van der Waals surface area contributed by atoms with Crippen LogP contribution in [-0.2, 0) is 0 Å². The SMILES string of the molecule is COc1cc2[nH]cc(C(=O)Nc3ccc(OC(C)C)cc3)c2cc1OC. The third kappa shape index (κ3) is 3.59. The molecule has 1 amide bonds. The van der Waals surface area contributed by atoms with Crippen molar-refractivity contribution in [1.29, 1.82) is 0 Å². The smallest absolute Gasteiger partial charge is 0.257 e. The molecule has 2 aromatic carbocycles. The Balaban J connectivity index is 1.83. The van der Waals surface area contributed by atoms with Crippen molar-refractivity contribution in [3.8, 4) is 17.2 Å². The van der Waals surface area contributed by atoms with E-state index in [1.54, 1.807) is 26.5 Å². The Kier molecular flexibility index (Phi) is 5.02. The molecule has 0 aliphatic heterocycles. The Bertz CT molecular complexity index is 913. The van der Waals surface area contributed by atoms with Crippen LogP contribution in [0.5, 0.6) is 17.2 Å². The fourth-order valence-corrected chi connectivity index (χ4v) is 2.72. The summed E-state index contributed by atoms with van der Waals surface area (Å²) in [6, 6.07) is 10.9. The molecule has 6 heteroatoms. The zero-order valence-electron chi connectivity index (χ0n) is 15.3. The molecule has 3 aromatic rings. The maximum absolute atomic E-state index is 12.7. The quantitative estimate of drug-likeness (QED) is 0.695. The van der Waals surface area contributed by atoms with E-state index in [9.17, 15) is 4.79 Å². The third-order valence-electron chi connectivity index (χ3n) is 3.91. The van der Waals surface area contributed by atoms with Gasteiger partial charge < -0.3 is 24.5 Å². The van der Waals surface area contributed by atoms with Crippen LogP contribution in [0.25, 0.3) is 10.9 Å². The molecule has 136 valence electrons. The number of carbonyl (C=O) groups excluding carboxylic acids is 1. The highest BCUT2D eigenvalue weighted by Crippen LogP contribution is 2.33. The molecule has 0 spiro atoms. The third-order valence-corrected chi connectivity index (χ3v) is 3.91. The molecule has 0 fully saturated rings. The van der Waals surface area contributed by atoms with Crippen molar-refractivity contribution in [2.24, 2.45) is 0 Å². The van der Waals surface area contributed by atoms with Gasteiger partial charge in [-0.15, -0.1) is 0 Å². The van der Waals surface area contributed by atoms with E-state index in [-0.39, 0.29) is 12.0 Å². The maximum atomic E-state index is 12.7. The monoisotopic (exact) mass is 354 g/mol. The van der Waals surface area contributed by atoms with E-state index >= 15 is 0 Å². The van der Waals surface area contributed by atoms with Crippen LogP contribution in [0, 0.1) is 0 Å². The summed E-state index contributed by atoms with van der Waals surface area (Å²) in [4.78, 5) is 15.8. The molecule has 2 N–H and O–H groups in total. The first-order valence-corrected chi connectivity index (χ1v) is 8.33. The van der Waals surface area contributed by atoms with Gasteiger partial charge in [-0.05, 0) is 44.2 Å². The second kappa shape index (κ2) is 7.39. The van der Waals surface area contributed by atoms with Crippen molar-refractivity contribution >= 4 is 22.5 Å². The number of amides is 1. The van der Waals surface area contributed by atoms with E-state index in [1.807, 2.05) is 44.2 Å². The number of hydrogen-bond donors (Lipinski definition) is 2. The Morgan fingerprint density at radius 2 is 1.69 bits per heavy atom. The first kappa shape index (κ1) is 17.7. The summed E-state index contributed by atoms with van der Waals surface area (Å²) in [5.74, 6) is 1.74. The van der Waals surface area contributed by atoms with Gasteiger partial charge in [-0.1, -0.05) is 0 Å². The van der Waals surface area contributed by atoms with Gasteiger partial charge in [0, 0.05) is 23.3 Å². The average molecular weight is 354 g/mol. The van der Waals surface area contributed by atoms with E-state index in [0.29, 0.717) is 22.7 Å². The van der Waals surface area contributed by atoms with Gasteiger partial charge in [0.25, 0.3) is 5.91 Å². The fourth-order valence-electron chi connectivity index (χ4n) is 2.72. The zero-order valence-corrected chi connectivity index (χ0v) is 15.3. The fraction of sp³-hybridized carbons (Fsp3) is 0.250. The average Bonchev–Trinajstić information content (AvgIpc) is 3.04. The van der Waals surface area contributed by atoms with Gasteiger partial charge in [0.1, 0.15) is 5.75 Å². The number of carbonyl (C=O) groups is 1. The largest absolute Gasteiger partial charge is 0.493 e. The van der Waals surface area contributed by atoms with E-state index in [1.165, 1.54) is 0 Å². The minimum atomic E-state index is -0.207. The van der Waals surface area contributed by atoms with Crippen LogP contribution < -0.4 is 19.5 Å². The van der Waals surface area contributed by atoms with Crippen molar-refractivity contribution < 1.29 is 19.0 Å². The van der Waals surface area contributed by atoms with Crippen molar-refractivity contribution in [2.75, 3.05) is 19.5 Å². The first-order valence-electron chi connectivity index (χ1n) is 8.33. The maximum Gasteiger partial charge on any atom is 0.257 e. The highest BCUT2D eigenvalue weighted by Gasteiger charge is 2.16. The van der Waals surface area contributed by atoms with Gasteiger partial charge in [0.2, 0.25) is 0 Å². The number of methoxy groups -OCH3 is 2. The highest BCUT2D eigenvalue weighted by atomic mass is 16.5. The van der Waals surface area contributed by atoms with Crippen LogP contribution in [0.15, 0.2) is 42.6 Å². The lowest BCUT2D eigenvalue weighted by Gasteiger charge is -2.11. The number of anilines is 1. The number of H-pyrrole nitrogens is 1. The lowest BCUT2D eigenvalue weighted by Crippen LogP contribution is -2.11. The van der Waals surface area contributed by atoms with E-state index < -0.39 is 0 Å². The van der Waals surface area contributed by atoms with Crippen LogP contribution in [0.3, 0.4) is 0 Å². The van der Waals surface area contributed by atoms with Crippen molar-refractivity contribution in [3.05, 3.63) is 48.2 Å². The predicted molar refractivity (Wildman–Crippen MR) is 102 cm³/mol. The molecular formula is C20H22N2O4. The molecule has 3 rings (SSSR count). The van der Waals surface area contributed by atoms with E-state index in [0.717, 1.165) is 16.7 Å². The minimum absolute atomic E-state index is 0.105. The topological polar surface area (TPSA) is 72.6 Å². The van der Waals surface area contributed by atoms with Crippen molar-refractivity contribution in [3.63, 3.8) is 0 Å². The van der Waals surface area contributed by atoms with Crippen LogP contribution in [0.2, 0.25) is 0 Å². The van der Waals surface area contributed by atoms with E-state index in [2.05, 4.69) is 10.3 Å². The van der Waals surface area contributed by atoms with Crippen LogP contribution in [0.1, 0.15) is 24.2 Å². The molecule has 6 nitrogen and oxygen atoms in total. The Hall–Kier alpha value is -3.15. The van der Waals surface area contributed by atoms with Gasteiger partial charge in [-0.2, -0.15) is 0 Å². The summed E-state index contributed by atoms with van der Waals surface area (Å²) in [6.07, 6.45) is 1.78. The number of fused-ring (bicyclic) bond motifs is 1. The van der Waals surface area contributed by atoms with Crippen LogP contribution in [-0.4, -0.2) is 31.2 Å². The molecule has 0 saturated heterocycles. The zero-order chi connectivity index (χ0) is 18.7. The first-order chi connectivity index (χ1) is 12.5. The number of nitrogens with one attached hydrogen (secondary N) is 2. The van der Waals surface area contributed by atoms with Gasteiger partial charge in [0.05, 0.1) is 31.4 Å². The number of hydrogen-bond acceptors (Lipinski definition) is 4. The summed E-state index contributed by atoms with van der Waals surface area (Å²) in [5, 5.41) is 3.66. The van der Waals surface area contributed by atoms with Gasteiger partial charge in [0.15, 0.2) is 11.5 Å². The molecule has 26 heavy (non-hydrogen) atoms. The number of rotatable bonds is 6. The molecule has 1 aromatic heterocycles. The van der Waals surface area contributed by atoms with Crippen molar-refractivity contribution in [2.45, 2.75) is 20.0 Å². The summed E-state index contributed by atoms with van der Waals surface area (Å²) < 4.78 is 16.2. The lowest BCUT2D eigenvalue weighted by molar-refractivity contribution is 0.102. The molecule has 0 aliphatic rings. The standard InChI is InChI=1S/C20H22N2O4/c1-12(2)26-14-7-5-13(6-8-14)22-20(23)16-11-21-17-10-19(25-4)18(24-3)9-15(16)17/h5-12,21H,1-4H3,(H,22,23). The molecule has 0 atom stereocenters. The molecule has 1 heterocycles. The molecule has 0 saturated carbocycles. The second-order valence-corrected chi connectivity index (χ2v) is 6.10. The van der Waals surface area contributed by atoms with Gasteiger partial charge >= 0.3 is 0 Å². The molecule has 0 unspecified atom stereocenters. The normalized spacial score (nSPS) is 10.8. The Labute approximate surface area is 152 Å². The lowest BCUT2D eigenvalue weighted by atomic mass is 10.1. The van der Waals surface area contributed by atoms with Crippen LogP contribution in [0.4, 0.5) is 5.69 Å². The number of benzene rings is 2. The van der Waals surface area contributed by atoms with Gasteiger partial charge in [-0.25, -0.2) is 0 Å².